The Balaban J connectivity index is 1.64. The Kier molecular flexibility index (Phi) is 5.85. The second kappa shape index (κ2) is 8.29. The predicted molar refractivity (Wildman–Crippen MR) is 103 cm³/mol. The molecule has 3 rings (SSSR count). The number of hydrazone groups is 1. The molecule has 1 aromatic heterocycles. The molecular formula is C20H26N4O2. The quantitative estimate of drug-likeness (QED) is 0.661. The molecule has 6 nitrogen and oxygen atoms in total. The third kappa shape index (κ3) is 4.39. The van der Waals surface area contributed by atoms with E-state index in [1.165, 1.54) is 5.56 Å². The number of carbonyl (C=O) groups excluding carboxylic acids is 1. The van der Waals surface area contributed by atoms with Gasteiger partial charge in [-0.15, -0.1) is 0 Å². The molecule has 0 atom stereocenters. The van der Waals surface area contributed by atoms with Crippen LogP contribution in [0.2, 0.25) is 0 Å². The summed E-state index contributed by atoms with van der Waals surface area (Å²) in [5, 5.41) is 4.13. The summed E-state index contributed by atoms with van der Waals surface area (Å²) in [4.78, 5) is 14.1. The lowest BCUT2D eigenvalue weighted by molar-refractivity contribution is -0.123. The van der Waals surface area contributed by atoms with Gasteiger partial charge < -0.3 is 9.30 Å². The smallest absolute Gasteiger partial charge is 0.254 e. The first kappa shape index (κ1) is 18.4. The first-order valence-corrected chi connectivity index (χ1v) is 8.92. The van der Waals surface area contributed by atoms with E-state index >= 15 is 0 Å². The van der Waals surface area contributed by atoms with Crippen molar-refractivity contribution in [2.75, 3.05) is 32.8 Å². The summed E-state index contributed by atoms with van der Waals surface area (Å²) in [6.07, 6.45) is 1.71. The Labute approximate surface area is 154 Å². The van der Waals surface area contributed by atoms with Crippen LogP contribution in [0.15, 0.2) is 35.4 Å². The zero-order chi connectivity index (χ0) is 18.5. The Hall–Kier alpha value is -2.44. The minimum absolute atomic E-state index is 0.101. The maximum Gasteiger partial charge on any atom is 0.254 e. The number of benzene rings is 1. The predicted octanol–water partition coefficient (Wildman–Crippen LogP) is 2.18. The summed E-state index contributed by atoms with van der Waals surface area (Å²) in [6, 6.07) is 10.5. The second-order valence-electron chi connectivity index (χ2n) is 6.68. The van der Waals surface area contributed by atoms with Crippen molar-refractivity contribution in [3.63, 3.8) is 0 Å². The van der Waals surface area contributed by atoms with Gasteiger partial charge in [-0.2, -0.15) is 5.10 Å². The molecule has 0 saturated carbocycles. The van der Waals surface area contributed by atoms with E-state index in [2.05, 4.69) is 71.1 Å². The van der Waals surface area contributed by atoms with E-state index in [9.17, 15) is 4.79 Å². The molecule has 0 unspecified atom stereocenters. The van der Waals surface area contributed by atoms with Gasteiger partial charge in [0.05, 0.1) is 26.0 Å². The zero-order valence-electron chi connectivity index (χ0n) is 15.7. The normalized spacial score (nSPS) is 15.5. The van der Waals surface area contributed by atoms with Crippen molar-refractivity contribution in [1.29, 1.82) is 0 Å². The number of hydrogen-bond acceptors (Lipinski definition) is 4. The Morgan fingerprint density at radius 1 is 1.19 bits per heavy atom. The van der Waals surface area contributed by atoms with Gasteiger partial charge in [0.2, 0.25) is 0 Å². The highest BCUT2D eigenvalue weighted by atomic mass is 16.5. The molecule has 0 bridgehead atoms. The van der Waals surface area contributed by atoms with Crippen molar-refractivity contribution in [3.05, 3.63) is 52.8 Å². The fraction of sp³-hybridized carbons (Fsp3) is 0.400. The molecule has 6 heteroatoms. The minimum atomic E-state index is -0.101. The van der Waals surface area contributed by atoms with Crippen LogP contribution in [-0.4, -0.2) is 54.4 Å². The topological polar surface area (TPSA) is 58.9 Å². The van der Waals surface area contributed by atoms with Crippen LogP contribution >= 0.6 is 0 Å². The highest BCUT2D eigenvalue weighted by molar-refractivity contribution is 5.84. The summed E-state index contributed by atoms with van der Waals surface area (Å²) >= 11 is 0. The number of nitrogens with one attached hydrogen (secondary N) is 1. The Bertz CT molecular complexity index is 787. The molecule has 1 fully saturated rings. The summed E-state index contributed by atoms with van der Waals surface area (Å²) in [6.45, 7) is 9.50. The van der Waals surface area contributed by atoms with E-state index in [0.29, 0.717) is 19.8 Å². The first-order valence-electron chi connectivity index (χ1n) is 8.92. The fourth-order valence-corrected chi connectivity index (χ4v) is 3.18. The number of amides is 1. The van der Waals surface area contributed by atoms with Crippen LogP contribution in [0.25, 0.3) is 5.69 Å². The van der Waals surface area contributed by atoms with Crippen molar-refractivity contribution in [2.24, 2.45) is 5.10 Å². The second-order valence-corrected chi connectivity index (χ2v) is 6.68. The van der Waals surface area contributed by atoms with Gasteiger partial charge >= 0.3 is 0 Å². The van der Waals surface area contributed by atoms with Crippen LogP contribution in [0.4, 0.5) is 0 Å². The third-order valence-electron chi connectivity index (χ3n) is 4.63. The minimum Gasteiger partial charge on any atom is -0.379 e. The molecule has 1 saturated heterocycles. The van der Waals surface area contributed by atoms with Crippen molar-refractivity contribution < 1.29 is 9.53 Å². The largest absolute Gasteiger partial charge is 0.379 e. The molecule has 1 amide bonds. The summed E-state index contributed by atoms with van der Waals surface area (Å²) in [5.41, 5.74) is 8.21. The maximum atomic E-state index is 12.0. The first-order chi connectivity index (χ1) is 12.5. The van der Waals surface area contributed by atoms with Crippen LogP contribution in [-0.2, 0) is 9.53 Å². The summed E-state index contributed by atoms with van der Waals surface area (Å²) in [7, 11) is 0. The van der Waals surface area contributed by atoms with Crippen molar-refractivity contribution in [1.82, 2.24) is 14.9 Å². The molecule has 1 N–H and O–H groups in total. The Morgan fingerprint density at radius 3 is 2.58 bits per heavy atom. The highest BCUT2D eigenvalue weighted by Crippen LogP contribution is 2.20. The average Bonchev–Trinajstić information content (AvgIpc) is 2.90. The van der Waals surface area contributed by atoms with E-state index in [0.717, 1.165) is 35.7 Å². The zero-order valence-corrected chi connectivity index (χ0v) is 15.7. The molecule has 2 aromatic rings. The van der Waals surface area contributed by atoms with Crippen LogP contribution in [0.5, 0.6) is 0 Å². The van der Waals surface area contributed by atoms with Gasteiger partial charge in [0, 0.05) is 35.7 Å². The van der Waals surface area contributed by atoms with Crippen LogP contribution in [0, 0.1) is 20.8 Å². The molecule has 26 heavy (non-hydrogen) atoms. The van der Waals surface area contributed by atoms with E-state index in [1.807, 2.05) is 0 Å². The Morgan fingerprint density at radius 2 is 1.88 bits per heavy atom. The standard InChI is InChI=1S/C20H26N4O2/c1-15-4-6-19(7-5-15)24-16(2)12-18(17(24)3)13-21-22-20(25)14-23-8-10-26-11-9-23/h4-7,12-13H,8-11,14H2,1-3H3,(H,22,25). The van der Waals surface area contributed by atoms with Gasteiger partial charge in [-0.3, -0.25) is 9.69 Å². The van der Waals surface area contributed by atoms with Crippen LogP contribution in [0.1, 0.15) is 22.5 Å². The van der Waals surface area contributed by atoms with Crippen LogP contribution < -0.4 is 5.43 Å². The fourth-order valence-electron chi connectivity index (χ4n) is 3.18. The molecule has 2 heterocycles. The monoisotopic (exact) mass is 354 g/mol. The molecular weight excluding hydrogens is 328 g/mol. The highest BCUT2D eigenvalue weighted by Gasteiger charge is 2.14. The van der Waals surface area contributed by atoms with Gasteiger partial charge in [0.1, 0.15) is 0 Å². The maximum absolute atomic E-state index is 12.0. The molecule has 0 spiro atoms. The lowest BCUT2D eigenvalue weighted by atomic mass is 10.2. The summed E-state index contributed by atoms with van der Waals surface area (Å²) < 4.78 is 7.48. The van der Waals surface area contributed by atoms with E-state index in [4.69, 9.17) is 4.74 Å². The number of morpholine rings is 1. The average molecular weight is 354 g/mol. The summed E-state index contributed by atoms with van der Waals surface area (Å²) in [5.74, 6) is -0.101. The third-order valence-corrected chi connectivity index (χ3v) is 4.63. The van der Waals surface area contributed by atoms with Crippen molar-refractivity contribution >= 4 is 12.1 Å². The number of carbonyl (C=O) groups is 1. The number of aryl methyl sites for hydroxylation is 2. The SMILES string of the molecule is Cc1ccc(-n2c(C)cc(C=NNC(=O)CN3CCOCC3)c2C)cc1. The van der Waals surface area contributed by atoms with E-state index in [-0.39, 0.29) is 5.91 Å². The lowest BCUT2D eigenvalue weighted by Gasteiger charge is -2.25. The number of rotatable bonds is 5. The molecule has 0 aliphatic carbocycles. The van der Waals surface area contributed by atoms with Gasteiger partial charge in [0.25, 0.3) is 5.91 Å². The van der Waals surface area contributed by atoms with Gasteiger partial charge in [-0.1, -0.05) is 17.7 Å². The van der Waals surface area contributed by atoms with Gasteiger partial charge in [-0.25, -0.2) is 5.43 Å². The molecule has 138 valence electrons. The van der Waals surface area contributed by atoms with E-state index < -0.39 is 0 Å². The van der Waals surface area contributed by atoms with Gasteiger partial charge in [0.15, 0.2) is 0 Å². The van der Waals surface area contributed by atoms with Gasteiger partial charge in [-0.05, 0) is 39.0 Å². The lowest BCUT2D eigenvalue weighted by Crippen LogP contribution is -2.42. The number of nitrogens with zero attached hydrogens (tertiary/aromatic N) is 3. The molecule has 1 aliphatic rings. The number of aromatic nitrogens is 1. The van der Waals surface area contributed by atoms with Crippen molar-refractivity contribution in [3.8, 4) is 5.69 Å². The number of ether oxygens (including phenoxy) is 1. The van der Waals surface area contributed by atoms with Crippen LogP contribution in [0.3, 0.4) is 0 Å². The number of hydrogen-bond donors (Lipinski definition) is 1. The van der Waals surface area contributed by atoms with Crippen molar-refractivity contribution in [2.45, 2.75) is 20.8 Å². The molecule has 0 radical (unpaired) electrons. The van der Waals surface area contributed by atoms with E-state index in [1.54, 1.807) is 6.21 Å². The molecule has 1 aromatic carbocycles. The molecule has 1 aliphatic heterocycles.